The fourth-order valence-electron chi connectivity index (χ4n) is 8.90. The number of hydrogen-bond donors (Lipinski definition) is 4. The van der Waals surface area contributed by atoms with Crippen LogP contribution in [0.2, 0.25) is 0 Å². The molecule has 0 spiro atoms. The quantitative estimate of drug-likeness (QED) is 0.0351. The van der Waals surface area contributed by atoms with Gasteiger partial charge in [0.2, 0.25) is 11.8 Å². The zero-order valence-corrected chi connectivity index (χ0v) is 45.3. The molecule has 0 bridgehead atoms. The molecule has 0 saturated carbocycles. The Balaban J connectivity index is 1.41. The monoisotopic (exact) mass is 1060 g/mol. The second kappa shape index (κ2) is 29.9. The molecule has 1 saturated heterocycles. The number of methoxy groups -OCH3 is 1. The fraction of sp³-hybridized carbons (Fsp3) is 0.443. The number of carbonyl (C=O) groups excluding carboxylic acids is 4. The van der Waals surface area contributed by atoms with Crippen LogP contribution in [-0.2, 0) is 85.3 Å². The first-order valence-electron chi connectivity index (χ1n) is 26.2. The Morgan fingerprint density at radius 2 is 0.974 bits per heavy atom. The summed E-state index contributed by atoms with van der Waals surface area (Å²) in [5, 5.41) is 21.2. The summed E-state index contributed by atoms with van der Waals surface area (Å²) in [4.78, 5) is 56.3. The van der Waals surface area contributed by atoms with Gasteiger partial charge >= 0.3 is 12.1 Å². The normalized spacial score (nSPS) is 19.5. The number of ether oxygens (including phenoxy) is 8. The first-order chi connectivity index (χ1) is 37.0. The molecule has 4 N–H and O–H groups in total. The van der Waals surface area contributed by atoms with Crippen molar-refractivity contribution in [3.8, 4) is 0 Å². The van der Waals surface area contributed by atoms with Crippen LogP contribution in [0.4, 0.5) is 4.79 Å². The summed E-state index contributed by atoms with van der Waals surface area (Å²) < 4.78 is 50.8. The van der Waals surface area contributed by atoms with Crippen LogP contribution in [-0.4, -0.2) is 109 Å². The van der Waals surface area contributed by atoms with Crippen molar-refractivity contribution < 1.29 is 62.2 Å². The number of alkyl carbamates (subject to hydrolysis) is 1. The van der Waals surface area contributed by atoms with Gasteiger partial charge in [-0.05, 0) is 67.9 Å². The molecule has 16 heteroatoms. The minimum absolute atomic E-state index is 0.0151. The third kappa shape index (κ3) is 19.8. The zero-order valence-electron chi connectivity index (χ0n) is 45.3. The molecule has 6 rings (SSSR count). The molecule has 3 amide bonds. The fourth-order valence-corrected chi connectivity index (χ4v) is 8.90. The van der Waals surface area contributed by atoms with Gasteiger partial charge in [0.15, 0.2) is 0 Å². The minimum Gasteiger partial charge on any atom is -0.467 e. The van der Waals surface area contributed by atoms with Crippen molar-refractivity contribution in [1.82, 2.24) is 16.0 Å². The predicted octanol–water partition coefficient (Wildman–Crippen LogP) is 8.17. The van der Waals surface area contributed by atoms with E-state index in [1.807, 2.05) is 166 Å². The molecule has 1 aliphatic rings. The van der Waals surface area contributed by atoms with Gasteiger partial charge in [-0.25, -0.2) is 9.59 Å². The number of aliphatic hydroxyl groups is 1. The molecule has 1 heterocycles. The molecule has 5 aromatic rings. The smallest absolute Gasteiger partial charge is 0.408 e. The second-order valence-electron chi connectivity index (χ2n) is 20.9. The maximum Gasteiger partial charge on any atom is 0.408 e. The minimum atomic E-state index is -2.21. The Morgan fingerprint density at radius 3 is 1.42 bits per heavy atom. The van der Waals surface area contributed by atoms with Crippen molar-refractivity contribution in [2.45, 2.75) is 147 Å². The van der Waals surface area contributed by atoms with Gasteiger partial charge in [0.05, 0.1) is 65.1 Å². The SMILES string of the molecule is COC(=O)[C@H](CC(C)C)NC(=O)[C@@H](NC(=O)[C@H](COCc1ccccc1)NC(=O)OC(C)(C)C)[C@@](C)(O)C[C@@H]1O[C@H](COCc2ccccc2)[C@@H](OCc2ccccc2)[C@H](OCc2ccccc2)[C@H]1OCc1ccccc1. The van der Waals surface area contributed by atoms with Crippen LogP contribution < -0.4 is 16.0 Å². The first-order valence-corrected chi connectivity index (χ1v) is 26.2. The molecule has 9 atom stereocenters. The number of amides is 3. The van der Waals surface area contributed by atoms with Gasteiger partial charge in [0.1, 0.15) is 48.1 Å². The van der Waals surface area contributed by atoms with Crippen molar-refractivity contribution in [3.05, 3.63) is 179 Å². The molecule has 0 aliphatic carbocycles. The molecule has 414 valence electrons. The maximum absolute atomic E-state index is 15.0. The number of rotatable bonds is 28. The maximum atomic E-state index is 15.0. The molecule has 16 nitrogen and oxygen atoms in total. The molecule has 1 aliphatic heterocycles. The Kier molecular flexibility index (Phi) is 23.2. The van der Waals surface area contributed by atoms with Crippen molar-refractivity contribution in [2.75, 3.05) is 20.3 Å². The number of carbonyl (C=O) groups is 4. The summed E-state index contributed by atoms with van der Waals surface area (Å²) in [6.07, 6.45) is -5.73. The van der Waals surface area contributed by atoms with Crippen LogP contribution in [0.3, 0.4) is 0 Å². The lowest BCUT2D eigenvalue weighted by atomic mass is 9.83. The van der Waals surface area contributed by atoms with Gasteiger partial charge in [0.25, 0.3) is 0 Å². The highest BCUT2D eigenvalue weighted by Gasteiger charge is 2.52. The van der Waals surface area contributed by atoms with E-state index in [1.54, 1.807) is 20.8 Å². The van der Waals surface area contributed by atoms with Crippen LogP contribution in [0.1, 0.15) is 82.2 Å². The lowest BCUT2D eigenvalue weighted by molar-refractivity contribution is -0.279. The van der Waals surface area contributed by atoms with E-state index in [0.29, 0.717) is 0 Å². The Bertz CT molecular complexity index is 2530. The van der Waals surface area contributed by atoms with Crippen molar-refractivity contribution in [1.29, 1.82) is 0 Å². The highest BCUT2D eigenvalue weighted by molar-refractivity contribution is 5.94. The predicted molar refractivity (Wildman–Crippen MR) is 290 cm³/mol. The molecule has 0 unspecified atom stereocenters. The van der Waals surface area contributed by atoms with Crippen LogP contribution in [0.25, 0.3) is 0 Å². The molecule has 5 aromatic carbocycles. The largest absolute Gasteiger partial charge is 0.467 e. The van der Waals surface area contributed by atoms with E-state index in [4.69, 9.17) is 37.9 Å². The lowest BCUT2D eigenvalue weighted by Crippen LogP contribution is -2.67. The van der Waals surface area contributed by atoms with E-state index in [2.05, 4.69) is 16.0 Å². The molecule has 1 fully saturated rings. The zero-order chi connectivity index (χ0) is 55.2. The number of benzene rings is 5. The number of hydrogen-bond acceptors (Lipinski definition) is 13. The van der Waals surface area contributed by atoms with E-state index in [1.165, 1.54) is 14.0 Å². The lowest BCUT2D eigenvalue weighted by Gasteiger charge is -2.48. The summed E-state index contributed by atoms with van der Waals surface area (Å²) in [6, 6.07) is 43.5. The van der Waals surface area contributed by atoms with Gasteiger partial charge in [-0.3, -0.25) is 9.59 Å². The van der Waals surface area contributed by atoms with Crippen molar-refractivity contribution in [3.63, 3.8) is 0 Å². The number of esters is 1. The molecular weight excluding hydrogens is 983 g/mol. The van der Waals surface area contributed by atoms with E-state index in [9.17, 15) is 24.3 Å². The number of nitrogens with one attached hydrogen (secondary N) is 3. The standard InChI is InChI=1S/C61H77N3O13/c1-42(2)33-48(58(67)70-7)62-57(66)55(64-56(65)49(63-59(68)77-60(3,4)5)40-71-35-43-23-13-8-14-24-43)61(6,69)34-50-52(73-37-45-27-17-10-18-28-45)54(75-39-47-31-21-12-22-32-47)53(74-38-46-29-19-11-20-30-46)51(76-50)41-72-36-44-25-15-9-16-26-44/h8-32,42,48-55,69H,33-41H2,1-7H3,(H,62,66)(H,63,68)(H,64,65)/t48-,49-,50-,51+,52-,53+,54+,55+,61-/m0/s1. The van der Waals surface area contributed by atoms with Gasteiger partial charge in [-0.2, -0.15) is 0 Å². The average Bonchev–Trinajstić information content (AvgIpc) is 3.43. The summed E-state index contributed by atoms with van der Waals surface area (Å²) in [5.74, 6) is -2.61. The summed E-state index contributed by atoms with van der Waals surface area (Å²) in [5.41, 5.74) is 1.23. The third-order valence-electron chi connectivity index (χ3n) is 12.7. The van der Waals surface area contributed by atoms with E-state index < -0.39 is 83.7 Å². The second-order valence-corrected chi connectivity index (χ2v) is 20.9. The van der Waals surface area contributed by atoms with Gasteiger partial charge in [-0.1, -0.05) is 166 Å². The summed E-state index contributed by atoms with van der Waals surface area (Å²) >= 11 is 0. The molecule has 77 heavy (non-hydrogen) atoms. The summed E-state index contributed by atoms with van der Waals surface area (Å²) in [6.45, 7) is 10.6. The average molecular weight is 1060 g/mol. The van der Waals surface area contributed by atoms with Crippen LogP contribution >= 0.6 is 0 Å². The van der Waals surface area contributed by atoms with Gasteiger partial charge in [0, 0.05) is 6.42 Å². The highest BCUT2D eigenvalue weighted by atomic mass is 16.6. The first kappa shape index (κ1) is 59.7. The van der Waals surface area contributed by atoms with Crippen molar-refractivity contribution >= 4 is 23.9 Å². The summed E-state index contributed by atoms with van der Waals surface area (Å²) in [7, 11) is 1.21. The van der Waals surface area contributed by atoms with Crippen LogP contribution in [0, 0.1) is 5.92 Å². The Morgan fingerprint density at radius 1 is 0.545 bits per heavy atom. The van der Waals surface area contributed by atoms with Crippen LogP contribution in [0.5, 0.6) is 0 Å². The highest BCUT2D eigenvalue weighted by Crippen LogP contribution is 2.35. The molecule has 0 radical (unpaired) electrons. The van der Waals surface area contributed by atoms with Gasteiger partial charge in [-0.15, -0.1) is 0 Å². The van der Waals surface area contributed by atoms with E-state index >= 15 is 0 Å². The van der Waals surface area contributed by atoms with Crippen molar-refractivity contribution in [2.24, 2.45) is 5.92 Å². The topological polar surface area (TPSA) is 198 Å². The molecule has 0 aromatic heterocycles. The van der Waals surface area contributed by atoms with E-state index in [-0.39, 0.29) is 65.0 Å². The molecular formula is C61H77N3O13. The van der Waals surface area contributed by atoms with Crippen LogP contribution in [0.15, 0.2) is 152 Å². The van der Waals surface area contributed by atoms with Gasteiger partial charge < -0.3 is 59.0 Å². The Labute approximate surface area is 453 Å². The third-order valence-corrected chi connectivity index (χ3v) is 12.7. The Hall–Kier alpha value is -6.50. The van der Waals surface area contributed by atoms with E-state index in [0.717, 1.165) is 27.8 Å².